The van der Waals surface area contributed by atoms with Gasteiger partial charge in [0.1, 0.15) is 0 Å². The van der Waals surface area contributed by atoms with Crippen LogP contribution in [-0.2, 0) is 36.4 Å². The van der Waals surface area contributed by atoms with Crippen molar-refractivity contribution in [3.05, 3.63) is 234 Å². The average Bonchev–Trinajstić information content (AvgIpc) is 3.61. The summed E-state index contributed by atoms with van der Waals surface area (Å²) in [6.07, 6.45) is 5.58. The van der Waals surface area contributed by atoms with Gasteiger partial charge in [-0.05, 0) is 90.6 Å². The maximum absolute atomic E-state index is 4.76. The van der Waals surface area contributed by atoms with Gasteiger partial charge < -0.3 is 9.97 Å². The van der Waals surface area contributed by atoms with Crippen LogP contribution in [0.1, 0.15) is 74.9 Å². The molecule has 6 aromatic carbocycles. The van der Waals surface area contributed by atoms with E-state index >= 15 is 0 Å². The molecule has 0 amide bonds. The van der Waals surface area contributed by atoms with Crippen LogP contribution in [0.2, 0.25) is 0 Å². The zero-order valence-corrected chi connectivity index (χ0v) is 38.5. The number of fused-ring (bicyclic) bond motifs is 5. The van der Waals surface area contributed by atoms with Crippen molar-refractivity contribution in [2.75, 3.05) is 0 Å². The van der Waals surface area contributed by atoms with Crippen LogP contribution in [-0.4, -0.2) is 15.0 Å². The molecule has 0 atom stereocenters. The maximum atomic E-state index is 4.76. The van der Waals surface area contributed by atoms with Gasteiger partial charge >= 0.3 is 0 Å². The van der Waals surface area contributed by atoms with Gasteiger partial charge in [-0.1, -0.05) is 162 Å². The summed E-state index contributed by atoms with van der Waals surface area (Å²) in [5.74, 6) is 0. The first-order valence-corrected chi connectivity index (χ1v) is 21.1. The number of aromatic nitrogens is 3. The van der Waals surface area contributed by atoms with Gasteiger partial charge in [0.05, 0.1) is 5.69 Å². The Balaban J connectivity index is 0.000000214. The van der Waals surface area contributed by atoms with E-state index in [-0.39, 0.29) is 30.9 Å². The van der Waals surface area contributed by atoms with Gasteiger partial charge in [0.2, 0.25) is 0 Å². The Morgan fingerprint density at radius 1 is 0.468 bits per heavy atom. The minimum atomic E-state index is -0.480. The van der Waals surface area contributed by atoms with Crippen LogP contribution >= 0.6 is 0 Å². The second kappa shape index (κ2) is 17.2. The zero-order chi connectivity index (χ0) is 42.2. The minimum Gasteiger partial charge on any atom is -0.305 e. The molecule has 3 nitrogen and oxygen atoms in total. The van der Waals surface area contributed by atoms with Crippen molar-refractivity contribution in [3.63, 3.8) is 0 Å². The molecule has 0 aliphatic heterocycles. The van der Waals surface area contributed by atoms with Gasteiger partial charge in [-0.3, -0.25) is 4.98 Å². The summed E-state index contributed by atoms with van der Waals surface area (Å²) in [6.45, 7) is 13.4. The Bertz CT molecular complexity index is 2890. The summed E-state index contributed by atoms with van der Waals surface area (Å²) in [5.41, 5.74) is 15.9. The SMILES string of the molecule is CC(C)(C)c1cc[c-]c(-c2cc(C(C)(C)C)ccn2)c1.[Ir].[c-]1cc2c(cc1-c1cc(-c3ccccn3)ccn1)-c1ccc3ccccc3c1C2(c1ccccc1)c1ccccc1. The number of hydrogen-bond acceptors (Lipinski definition) is 3. The molecule has 1 aliphatic rings. The van der Waals surface area contributed by atoms with Gasteiger partial charge in [0, 0.05) is 44.1 Å². The Hall–Kier alpha value is -6.32. The van der Waals surface area contributed by atoms with Gasteiger partial charge in [0.25, 0.3) is 0 Å². The van der Waals surface area contributed by atoms with E-state index < -0.39 is 5.41 Å². The number of pyridine rings is 3. The quantitative estimate of drug-likeness (QED) is 0.161. The zero-order valence-electron chi connectivity index (χ0n) is 36.1. The van der Waals surface area contributed by atoms with Gasteiger partial charge in [-0.15, -0.1) is 64.7 Å². The van der Waals surface area contributed by atoms with Crippen molar-refractivity contribution in [1.82, 2.24) is 15.0 Å². The van der Waals surface area contributed by atoms with E-state index in [0.717, 1.165) is 33.8 Å². The van der Waals surface area contributed by atoms with Crippen molar-refractivity contribution in [3.8, 4) is 44.9 Å². The molecule has 0 N–H and O–H groups in total. The molecule has 0 unspecified atom stereocenters. The molecule has 10 rings (SSSR count). The fourth-order valence-corrected chi connectivity index (χ4v) is 8.75. The molecule has 0 fully saturated rings. The topological polar surface area (TPSA) is 38.7 Å². The first kappa shape index (κ1) is 42.4. The predicted molar refractivity (Wildman–Crippen MR) is 252 cm³/mol. The smallest absolute Gasteiger partial charge is 0.0695 e. The van der Waals surface area contributed by atoms with E-state index in [4.69, 9.17) is 4.98 Å². The van der Waals surface area contributed by atoms with Crippen LogP contribution in [0.25, 0.3) is 55.7 Å². The van der Waals surface area contributed by atoms with Crippen molar-refractivity contribution >= 4 is 10.8 Å². The van der Waals surface area contributed by atoms with Crippen molar-refractivity contribution < 1.29 is 20.1 Å². The molecule has 3 aromatic heterocycles. The molecule has 0 spiro atoms. The van der Waals surface area contributed by atoms with E-state index in [1.165, 1.54) is 55.3 Å². The molecule has 4 heteroatoms. The summed E-state index contributed by atoms with van der Waals surface area (Å²) < 4.78 is 0. The van der Waals surface area contributed by atoms with E-state index in [2.05, 4.69) is 203 Å². The van der Waals surface area contributed by atoms with Crippen LogP contribution in [0.3, 0.4) is 0 Å². The third kappa shape index (κ3) is 7.97. The van der Waals surface area contributed by atoms with Crippen LogP contribution in [0, 0.1) is 12.1 Å². The molecular weight excluding hydrogens is 931 g/mol. The summed E-state index contributed by atoms with van der Waals surface area (Å²) in [7, 11) is 0. The molecule has 1 radical (unpaired) electrons. The van der Waals surface area contributed by atoms with Crippen LogP contribution < -0.4 is 0 Å². The molecule has 307 valence electrons. The molecule has 62 heavy (non-hydrogen) atoms. The summed E-state index contributed by atoms with van der Waals surface area (Å²) in [6, 6.07) is 67.3. The first-order valence-electron chi connectivity index (χ1n) is 21.1. The molecule has 0 bridgehead atoms. The number of benzene rings is 6. The monoisotopic (exact) mass is 980 g/mol. The second-order valence-corrected chi connectivity index (χ2v) is 17.9. The molecule has 0 saturated heterocycles. The van der Waals surface area contributed by atoms with Crippen molar-refractivity contribution in [2.24, 2.45) is 0 Å². The van der Waals surface area contributed by atoms with Crippen LogP contribution in [0.15, 0.2) is 188 Å². The Morgan fingerprint density at radius 3 is 1.74 bits per heavy atom. The van der Waals surface area contributed by atoms with Gasteiger partial charge in [0.15, 0.2) is 0 Å². The Labute approximate surface area is 380 Å². The fourth-order valence-electron chi connectivity index (χ4n) is 8.75. The van der Waals surface area contributed by atoms with E-state index in [0.29, 0.717) is 0 Å². The van der Waals surface area contributed by atoms with E-state index in [1.54, 1.807) is 0 Å². The first-order chi connectivity index (χ1) is 29.5. The maximum Gasteiger partial charge on any atom is 0.0695 e. The predicted octanol–water partition coefficient (Wildman–Crippen LogP) is 14.3. The molecule has 0 saturated carbocycles. The molecular formula is C58H49IrN3-2. The molecule has 1 aliphatic carbocycles. The Morgan fingerprint density at radius 2 is 1.06 bits per heavy atom. The molecule has 9 aromatic rings. The molecule has 3 heterocycles. The average molecular weight is 980 g/mol. The number of rotatable bonds is 5. The van der Waals surface area contributed by atoms with Crippen LogP contribution in [0.5, 0.6) is 0 Å². The minimum absolute atomic E-state index is 0. The fraction of sp³-hybridized carbons (Fsp3) is 0.155. The largest absolute Gasteiger partial charge is 0.305 e. The summed E-state index contributed by atoms with van der Waals surface area (Å²) in [4.78, 5) is 13.8. The van der Waals surface area contributed by atoms with E-state index in [1.807, 2.05) is 48.9 Å². The summed E-state index contributed by atoms with van der Waals surface area (Å²) in [5, 5.41) is 2.51. The van der Waals surface area contributed by atoms with Gasteiger partial charge in [-0.2, -0.15) is 0 Å². The third-order valence-electron chi connectivity index (χ3n) is 11.9. The van der Waals surface area contributed by atoms with Crippen LogP contribution in [0.4, 0.5) is 0 Å². The van der Waals surface area contributed by atoms with Gasteiger partial charge in [-0.25, -0.2) is 0 Å². The Kier molecular flexibility index (Phi) is 11.8. The van der Waals surface area contributed by atoms with E-state index in [9.17, 15) is 0 Å². The summed E-state index contributed by atoms with van der Waals surface area (Å²) >= 11 is 0. The standard InChI is InChI=1S/C39H25N2.C19H24N.Ir/c1-3-12-30(13-4-1)39(31-14-5-2-6-15-31)35-21-19-28(37-26-29(22-24-41-37)36-17-9-10-23-40-36)25-34(35)33-20-18-27-11-7-8-16-32(27)38(33)39;1-18(2,3)15-9-7-8-14(12-15)17-13-16(10-11-20-17)19(4,5)6;/h1-18,20-26H;7,9-13H,1-6H3;/q2*-1;. The van der Waals surface area contributed by atoms with Crippen molar-refractivity contribution in [1.29, 1.82) is 0 Å². The third-order valence-corrected chi connectivity index (χ3v) is 11.9. The van der Waals surface area contributed by atoms with Crippen molar-refractivity contribution in [2.45, 2.75) is 57.8 Å². The number of hydrogen-bond donors (Lipinski definition) is 0. The normalized spacial score (nSPS) is 12.7. The second-order valence-electron chi connectivity index (χ2n) is 17.9. The number of nitrogens with zero attached hydrogens (tertiary/aromatic N) is 3.